The van der Waals surface area contributed by atoms with Gasteiger partial charge in [-0.1, -0.05) is 28.8 Å². The number of nitrogens with one attached hydrogen (secondary N) is 1. The van der Waals surface area contributed by atoms with Gasteiger partial charge in [0, 0.05) is 15.4 Å². The van der Waals surface area contributed by atoms with E-state index >= 15 is 0 Å². The first kappa shape index (κ1) is 13.2. The van der Waals surface area contributed by atoms with Gasteiger partial charge in [-0.2, -0.15) is 0 Å². The Morgan fingerprint density at radius 3 is 2.53 bits per heavy atom. The number of hydrogen-bond donors (Lipinski definition) is 1. The van der Waals surface area contributed by atoms with Gasteiger partial charge in [-0.05, 0) is 44.2 Å². The molecule has 1 aliphatic rings. The van der Waals surface area contributed by atoms with Gasteiger partial charge in [-0.25, -0.2) is 0 Å². The highest BCUT2D eigenvalue weighted by molar-refractivity contribution is 9.10. The van der Waals surface area contributed by atoms with Crippen LogP contribution < -0.4 is 5.32 Å². The lowest BCUT2D eigenvalue weighted by Gasteiger charge is -2.30. The highest BCUT2D eigenvalue weighted by Gasteiger charge is 2.29. The zero-order valence-electron chi connectivity index (χ0n) is 9.99. The van der Waals surface area contributed by atoms with Gasteiger partial charge >= 0.3 is 0 Å². The van der Waals surface area contributed by atoms with Gasteiger partial charge < -0.3 is 5.32 Å². The van der Waals surface area contributed by atoms with E-state index < -0.39 is 10.8 Å². The van der Waals surface area contributed by atoms with Gasteiger partial charge in [0.05, 0.1) is 16.0 Å². The SMILES string of the molecule is CNC1CCCCC1S(=O)c1ccc(Br)cc1. The summed E-state index contributed by atoms with van der Waals surface area (Å²) in [6, 6.07) is 8.24. The Morgan fingerprint density at radius 2 is 1.88 bits per heavy atom. The minimum Gasteiger partial charge on any atom is -0.316 e. The zero-order chi connectivity index (χ0) is 12.3. The lowest BCUT2D eigenvalue weighted by atomic mass is 9.95. The van der Waals surface area contributed by atoms with Gasteiger partial charge in [0.2, 0.25) is 0 Å². The van der Waals surface area contributed by atoms with Gasteiger partial charge in [-0.15, -0.1) is 0 Å². The van der Waals surface area contributed by atoms with Crippen LogP contribution in [0.15, 0.2) is 33.6 Å². The molecule has 1 saturated carbocycles. The molecule has 2 nitrogen and oxygen atoms in total. The summed E-state index contributed by atoms with van der Waals surface area (Å²) in [6.45, 7) is 0. The van der Waals surface area contributed by atoms with Crippen LogP contribution in [0.1, 0.15) is 25.7 Å². The van der Waals surface area contributed by atoms with Crippen LogP contribution in [0.25, 0.3) is 0 Å². The predicted molar refractivity (Wildman–Crippen MR) is 75.7 cm³/mol. The van der Waals surface area contributed by atoms with Crippen molar-refractivity contribution in [3.63, 3.8) is 0 Å². The number of hydrogen-bond acceptors (Lipinski definition) is 2. The molecule has 1 aromatic carbocycles. The van der Waals surface area contributed by atoms with Gasteiger partial charge in [0.25, 0.3) is 0 Å². The second kappa shape index (κ2) is 6.12. The molecule has 0 bridgehead atoms. The maximum absolute atomic E-state index is 12.5. The third-order valence-corrected chi connectivity index (χ3v) is 5.77. The van der Waals surface area contributed by atoms with E-state index in [0.29, 0.717) is 6.04 Å². The van der Waals surface area contributed by atoms with Crippen molar-refractivity contribution in [3.8, 4) is 0 Å². The highest BCUT2D eigenvalue weighted by atomic mass is 79.9. The highest BCUT2D eigenvalue weighted by Crippen LogP contribution is 2.26. The van der Waals surface area contributed by atoms with Gasteiger partial charge in [0.1, 0.15) is 0 Å². The zero-order valence-corrected chi connectivity index (χ0v) is 12.4. The van der Waals surface area contributed by atoms with E-state index in [1.165, 1.54) is 12.8 Å². The fourth-order valence-corrected chi connectivity index (χ4v) is 4.40. The average Bonchev–Trinajstić information content (AvgIpc) is 2.39. The third kappa shape index (κ3) is 3.18. The molecule has 0 heterocycles. The summed E-state index contributed by atoms with van der Waals surface area (Å²) in [5.74, 6) is 0. The summed E-state index contributed by atoms with van der Waals surface area (Å²) in [5.41, 5.74) is 0. The fourth-order valence-electron chi connectivity index (χ4n) is 2.43. The van der Waals surface area contributed by atoms with Crippen molar-refractivity contribution in [2.24, 2.45) is 0 Å². The van der Waals surface area contributed by atoms with Crippen molar-refractivity contribution in [1.29, 1.82) is 0 Å². The van der Waals surface area contributed by atoms with Crippen LogP contribution in [0.2, 0.25) is 0 Å². The largest absolute Gasteiger partial charge is 0.316 e. The first-order valence-electron chi connectivity index (χ1n) is 6.06. The summed E-state index contributed by atoms with van der Waals surface area (Å²) in [7, 11) is 1.08. The van der Waals surface area contributed by atoms with Crippen molar-refractivity contribution < 1.29 is 4.21 Å². The fraction of sp³-hybridized carbons (Fsp3) is 0.538. The van der Waals surface area contributed by atoms with E-state index in [9.17, 15) is 4.21 Å². The number of rotatable bonds is 3. The van der Waals surface area contributed by atoms with E-state index in [-0.39, 0.29) is 5.25 Å². The summed E-state index contributed by atoms with van der Waals surface area (Å²) in [4.78, 5) is 0.945. The quantitative estimate of drug-likeness (QED) is 0.928. The first-order chi connectivity index (χ1) is 8.22. The Labute approximate surface area is 114 Å². The van der Waals surface area contributed by atoms with Crippen molar-refractivity contribution in [2.45, 2.75) is 41.9 Å². The van der Waals surface area contributed by atoms with Crippen LogP contribution >= 0.6 is 15.9 Å². The molecule has 1 aliphatic carbocycles. The molecular formula is C13H18BrNOS. The average molecular weight is 316 g/mol. The summed E-state index contributed by atoms with van der Waals surface area (Å²) < 4.78 is 13.6. The van der Waals surface area contributed by atoms with Gasteiger partial charge in [-0.3, -0.25) is 4.21 Å². The summed E-state index contributed by atoms with van der Waals surface area (Å²) in [6.07, 6.45) is 4.66. The van der Waals surface area contributed by atoms with Crippen molar-refractivity contribution in [3.05, 3.63) is 28.7 Å². The Kier molecular flexibility index (Phi) is 4.77. The number of benzene rings is 1. The molecule has 0 saturated heterocycles. The maximum atomic E-state index is 12.5. The van der Waals surface area contributed by atoms with Crippen LogP contribution in [-0.4, -0.2) is 22.5 Å². The van der Waals surface area contributed by atoms with E-state index in [1.807, 2.05) is 31.3 Å². The Morgan fingerprint density at radius 1 is 1.24 bits per heavy atom. The standard InChI is InChI=1S/C13H18BrNOS/c1-15-12-4-2-3-5-13(12)17(16)11-8-6-10(14)7-9-11/h6-9,12-13,15H,2-5H2,1H3. The predicted octanol–water partition coefficient (Wildman–Crippen LogP) is 3.09. The molecule has 2 rings (SSSR count). The van der Waals surface area contributed by atoms with Crippen LogP contribution in [0.5, 0.6) is 0 Å². The first-order valence-corrected chi connectivity index (χ1v) is 8.06. The second-order valence-corrected chi connectivity index (χ2v) is 7.06. The molecule has 0 amide bonds. The second-order valence-electron chi connectivity index (χ2n) is 4.47. The molecular weight excluding hydrogens is 298 g/mol. The molecule has 1 aromatic rings. The minimum absolute atomic E-state index is 0.259. The molecule has 4 heteroatoms. The molecule has 0 radical (unpaired) electrons. The van der Waals surface area contributed by atoms with Crippen LogP contribution in [-0.2, 0) is 10.8 Å². The number of halogens is 1. The van der Waals surface area contributed by atoms with Crippen LogP contribution in [0.4, 0.5) is 0 Å². The van der Waals surface area contributed by atoms with E-state index in [4.69, 9.17) is 0 Å². The molecule has 3 atom stereocenters. The lowest BCUT2D eigenvalue weighted by molar-refractivity contribution is 0.399. The van der Waals surface area contributed by atoms with Crippen molar-refractivity contribution in [1.82, 2.24) is 5.32 Å². The van der Waals surface area contributed by atoms with Crippen LogP contribution in [0, 0.1) is 0 Å². The smallest absolute Gasteiger partial charge is 0.0576 e. The molecule has 17 heavy (non-hydrogen) atoms. The molecule has 0 spiro atoms. The summed E-state index contributed by atoms with van der Waals surface area (Å²) in [5, 5.41) is 3.57. The molecule has 1 N–H and O–H groups in total. The molecule has 0 aromatic heterocycles. The maximum Gasteiger partial charge on any atom is 0.0576 e. The van der Waals surface area contributed by atoms with Crippen LogP contribution in [0.3, 0.4) is 0 Å². The summed E-state index contributed by atoms with van der Waals surface area (Å²) >= 11 is 3.40. The Balaban J connectivity index is 2.15. The van der Waals surface area contributed by atoms with Crippen molar-refractivity contribution >= 4 is 26.7 Å². The topological polar surface area (TPSA) is 29.1 Å². The lowest BCUT2D eigenvalue weighted by Crippen LogP contribution is -2.42. The Hall–Kier alpha value is -0.190. The van der Waals surface area contributed by atoms with E-state index in [1.54, 1.807) is 0 Å². The van der Waals surface area contributed by atoms with Gasteiger partial charge in [0.15, 0.2) is 0 Å². The van der Waals surface area contributed by atoms with Crippen molar-refractivity contribution in [2.75, 3.05) is 7.05 Å². The molecule has 94 valence electrons. The molecule has 1 fully saturated rings. The monoisotopic (exact) mass is 315 g/mol. The molecule has 0 aliphatic heterocycles. The third-order valence-electron chi connectivity index (χ3n) is 3.39. The van der Waals surface area contributed by atoms with E-state index in [2.05, 4.69) is 21.2 Å². The van der Waals surface area contributed by atoms with E-state index in [0.717, 1.165) is 22.2 Å². The normalized spacial score (nSPS) is 26.7. The Bertz CT molecular complexity index is 393. The minimum atomic E-state index is -0.891. The molecule has 3 unspecified atom stereocenters.